The molecule has 1 heterocycles. The maximum atomic E-state index is 12.8. The number of nitrogens with two attached hydrogens (primary N) is 1. The van der Waals surface area contributed by atoms with E-state index < -0.39 is 18.3 Å². The van der Waals surface area contributed by atoms with Crippen LogP contribution in [0.3, 0.4) is 0 Å². The Morgan fingerprint density at radius 3 is 2.45 bits per heavy atom. The van der Waals surface area contributed by atoms with Gasteiger partial charge >= 0.3 is 18.3 Å². The van der Waals surface area contributed by atoms with E-state index in [2.05, 4.69) is 15.2 Å². The molecule has 0 atom stereocenters. The van der Waals surface area contributed by atoms with Gasteiger partial charge in [-0.25, -0.2) is 13.8 Å². The number of hydrogen-bond donors (Lipinski definition) is 3. The summed E-state index contributed by atoms with van der Waals surface area (Å²) in [6, 6.07) is 5.43. The van der Waals surface area contributed by atoms with Gasteiger partial charge in [0.25, 0.3) is 0 Å². The van der Waals surface area contributed by atoms with Crippen molar-refractivity contribution >= 4 is 11.6 Å². The number of alkyl halides is 4. The molecule has 0 aliphatic carbocycles. The Kier molecular flexibility index (Phi) is 4.40. The number of anilines is 1. The van der Waals surface area contributed by atoms with Gasteiger partial charge in [-0.15, -0.1) is 0 Å². The fourth-order valence-corrected chi connectivity index (χ4v) is 1.53. The first-order chi connectivity index (χ1) is 10.3. The molecular formula is C12H11F4N5O. The average molecular weight is 317 g/mol. The molecule has 0 radical (unpaired) electrons. The Balaban J connectivity index is 2.11. The van der Waals surface area contributed by atoms with Crippen LogP contribution >= 0.6 is 0 Å². The van der Waals surface area contributed by atoms with Crippen molar-refractivity contribution in [2.45, 2.75) is 18.9 Å². The molecule has 1 aromatic carbocycles. The number of hydrogen-bond acceptors (Lipinski definition) is 4. The number of halogens is 4. The second-order valence-electron chi connectivity index (χ2n) is 4.26. The number of benzene rings is 1. The molecule has 0 unspecified atom stereocenters. The lowest BCUT2D eigenvalue weighted by Gasteiger charge is -2.14. The minimum atomic E-state index is -4.75. The third kappa shape index (κ3) is 3.22. The normalized spacial score (nSPS) is 11.7. The Hall–Kier alpha value is -2.49. The number of amides is 1. The summed E-state index contributed by atoms with van der Waals surface area (Å²) in [5.74, 6) is -6.03. The van der Waals surface area contributed by atoms with Crippen molar-refractivity contribution < 1.29 is 22.4 Å². The summed E-state index contributed by atoms with van der Waals surface area (Å²) in [5.41, 5.74) is 5.86. The Morgan fingerprint density at radius 1 is 1.32 bits per heavy atom. The molecule has 0 spiro atoms. The van der Waals surface area contributed by atoms with Gasteiger partial charge in [0.1, 0.15) is 5.82 Å². The molecule has 4 N–H and O–H groups in total. The largest absolute Gasteiger partial charge is 0.383 e. The molecule has 2 rings (SSSR count). The van der Waals surface area contributed by atoms with E-state index in [-0.39, 0.29) is 12.2 Å². The van der Waals surface area contributed by atoms with Crippen LogP contribution in [0.5, 0.6) is 0 Å². The summed E-state index contributed by atoms with van der Waals surface area (Å²) in [7, 11) is 0. The summed E-state index contributed by atoms with van der Waals surface area (Å²) in [6.07, 6.45) is -4.07. The summed E-state index contributed by atoms with van der Waals surface area (Å²) >= 11 is 0. The number of H-pyrrole nitrogens is 1. The number of carbonyl (C=O) groups is 1. The second-order valence-corrected chi connectivity index (χ2v) is 4.26. The minimum absolute atomic E-state index is 0.0522. The van der Waals surface area contributed by atoms with Gasteiger partial charge in [0.05, 0.1) is 6.54 Å². The van der Waals surface area contributed by atoms with Crippen LogP contribution in [0.4, 0.5) is 23.2 Å². The molecule has 0 aliphatic heterocycles. The van der Waals surface area contributed by atoms with Gasteiger partial charge in [0.15, 0.2) is 5.82 Å². The molecule has 0 fully saturated rings. The molecule has 0 saturated heterocycles. The SMILES string of the molecule is NCc1nc(-c2ccc(NC(=O)C(F)(F)C(F)F)cc2)n[nH]1. The molecule has 1 amide bonds. The Labute approximate surface area is 121 Å². The standard InChI is InChI=1S/C12H11F4N5O/c13-10(14)12(15,16)11(22)18-7-3-1-6(2-4-7)9-19-8(5-17)20-21-9/h1-4,10H,5,17H2,(H,18,22)(H,19,20,21). The Bertz CT molecular complexity index is 656. The number of rotatable bonds is 5. The van der Waals surface area contributed by atoms with Crippen molar-refractivity contribution in [2.24, 2.45) is 5.73 Å². The first-order valence-electron chi connectivity index (χ1n) is 6.03. The number of aromatic nitrogens is 3. The van der Waals surface area contributed by atoms with Crippen molar-refractivity contribution in [1.29, 1.82) is 0 Å². The van der Waals surface area contributed by atoms with Gasteiger partial charge in [-0.1, -0.05) is 0 Å². The zero-order chi connectivity index (χ0) is 16.3. The highest BCUT2D eigenvalue weighted by Gasteiger charge is 2.48. The van der Waals surface area contributed by atoms with Crippen molar-refractivity contribution in [3.05, 3.63) is 30.1 Å². The number of carbonyl (C=O) groups excluding carboxylic acids is 1. The maximum absolute atomic E-state index is 12.8. The molecule has 6 nitrogen and oxygen atoms in total. The maximum Gasteiger partial charge on any atom is 0.383 e. The topological polar surface area (TPSA) is 96.7 Å². The van der Waals surface area contributed by atoms with Gasteiger partial charge in [0, 0.05) is 11.3 Å². The fourth-order valence-electron chi connectivity index (χ4n) is 1.53. The average Bonchev–Trinajstić information content (AvgIpc) is 2.96. The quantitative estimate of drug-likeness (QED) is 0.732. The van der Waals surface area contributed by atoms with Crippen LogP contribution in [0.1, 0.15) is 5.82 Å². The zero-order valence-electron chi connectivity index (χ0n) is 11.0. The van der Waals surface area contributed by atoms with Gasteiger partial charge in [-0.2, -0.15) is 13.9 Å². The van der Waals surface area contributed by atoms with E-state index in [0.717, 1.165) is 0 Å². The number of nitrogens with one attached hydrogen (secondary N) is 2. The molecule has 22 heavy (non-hydrogen) atoms. The smallest absolute Gasteiger partial charge is 0.324 e. The molecule has 1 aromatic heterocycles. The van der Waals surface area contributed by atoms with E-state index in [4.69, 9.17) is 5.73 Å². The van der Waals surface area contributed by atoms with Gasteiger partial charge in [0.2, 0.25) is 0 Å². The van der Waals surface area contributed by atoms with Crippen LogP contribution in [0.2, 0.25) is 0 Å². The summed E-state index contributed by atoms with van der Waals surface area (Å²) in [5, 5.41) is 8.20. The highest BCUT2D eigenvalue weighted by Crippen LogP contribution is 2.25. The van der Waals surface area contributed by atoms with E-state index in [1.807, 2.05) is 0 Å². The zero-order valence-corrected chi connectivity index (χ0v) is 11.0. The summed E-state index contributed by atoms with van der Waals surface area (Å²) in [6.45, 7) is 0.170. The van der Waals surface area contributed by atoms with E-state index in [1.54, 1.807) is 5.32 Å². The predicted octanol–water partition coefficient (Wildman–Crippen LogP) is 1.77. The first kappa shape index (κ1) is 15.9. The molecule has 2 aromatic rings. The van der Waals surface area contributed by atoms with Crippen molar-refractivity contribution in [3.8, 4) is 11.4 Å². The van der Waals surface area contributed by atoms with Crippen LogP contribution in [0, 0.1) is 0 Å². The predicted molar refractivity (Wildman–Crippen MR) is 69.3 cm³/mol. The summed E-state index contributed by atoms with van der Waals surface area (Å²) < 4.78 is 49.7. The highest BCUT2D eigenvalue weighted by molar-refractivity contribution is 5.96. The minimum Gasteiger partial charge on any atom is -0.324 e. The monoisotopic (exact) mass is 317 g/mol. The molecule has 118 valence electrons. The molecule has 10 heteroatoms. The van der Waals surface area contributed by atoms with Crippen molar-refractivity contribution in [3.63, 3.8) is 0 Å². The molecular weight excluding hydrogens is 306 g/mol. The highest BCUT2D eigenvalue weighted by atomic mass is 19.3. The fraction of sp³-hybridized carbons (Fsp3) is 0.250. The van der Waals surface area contributed by atoms with E-state index >= 15 is 0 Å². The number of nitrogens with zero attached hydrogens (tertiary/aromatic N) is 2. The molecule has 0 aliphatic rings. The van der Waals surface area contributed by atoms with E-state index in [0.29, 0.717) is 17.2 Å². The van der Waals surface area contributed by atoms with Crippen LogP contribution in [0.15, 0.2) is 24.3 Å². The summed E-state index contributed by atoms with van der Waals surface area (Å²) in [4.78, 5) is 15.1. The second kappa shape index (κ2) is 6.10. The Morgan fingerprint density at radius 2 is 1.95 bits per heavy atom. The first-order valence-corrected chi connectivity index (χ1v) is 6.03. The van der Waals surface area contributed by atoms with Gasteiger partial charge in [-0.05, 0) is 24.3 Å². The van der Waals surface area contributed by atoms with Gasteiger partial charge < -0.3 is 11.1 Å². The third-order valence-corrected chi connectivity index (χ3v) is 2.70. The lowest BCUT2D eigenvalue weighted by molar-refractivity contribution is -0.163. The lowest BCUT2D eigenvalue weighted by Crippen LogP contribution is -2.40. The molecule has 0 saturated carbocycles. The van der Waals surface area contributed by atoms with Crippen LogP contribution in [-0.4, -0.2) is 33.4 Å². The van der Waals surface area contributed by atoms with Crippen LogP contribution in [-0.2, 0) is 11.3 Å². The number of aromatic amines is 1. The third-order valence-electron chi connectivity index (χ3n) is 2.70. The van der Waals surface area contributed by atoms with Crippen molar-refractivity contribution in [1.82, 2.24) is 15.2 Å². The van der Waals surface area contributed by atoms with E-state index in [9.17, 15) is 22.4 Å². The van der Waals surface area contributed by atoms with Crippen LogP contribution in [0.25, 0.3) is 11.4 Å². The van der Waals surface area contributed by atoms with Gasteiger partial charge in [-0.3, -0.25) is 9.89 Å². The van der Waals surface area contributed by atoms with E-state index in [1.165, 1.54) is 24.3 Å². The van der Waals surface area contributed by atoms with Crippen LogP contribution < -0.4 is 11.1 Å². The van der Waals surface area contributed by atoms with Crippen molar-refractivity contribution in [2.75, 3.05) is 5.32 Å². The lowest BCUT2D eigenvalue weighted by atomic mass is 10.2. The molecule has 0 bridgehead atoms.